The molecule has 2 heterocycles. The zero-order chi connectivity index (χ0) is 13.8. The molecule has 0 radical (unpaired) electrons. The summed E-state index contributed by atoms with van der Waals surface area (Å²) < 4.78 is 1.75. The minimum absolute atomic E-state index is 0.0546. The maximum absolute atomic E-state index is 12.1. The highest BCUT2D eigenvalue weighted by molar-refractivity contribution is 6.06. The van der Waals surface area contributed by atoms with E-state index in [-0.39, 0.29) is 5.91 Å². The van der Waals surface area contributed by atoms with Gasteiger partial charge in [-0.25, -0.2) is 0 Å². The van der Waals surface area contributed by atoms with E-state index in [1.165, 1.54) is 0 Å². The smallest absolute Gasteiger partial charge is 0.253 e. The Morgan fingerprint density at radius 3 is 3.10 bits per heavy atom. The topological polar surface area (TPSA) is 75.6 Å². The van der Waals surface area contributed by atoms with E-state index >= 15 is 0 Å². The van der Waals surface area contributed by atoms with Crippen LogP contribution in [0.4, 0.5) is 0 Å². The number of carbonyl (C=O) groups excluding carboxylic acids is 1. The van der Waals surface area contributed by atoms with E-state index in [4.69, 9.17) is 0 Å². The number of H-pyrrole nitrogens is 1. The monoisotopic (exact) mass is 269 g/mol. The average Bonchev–Trinajstić information content (AvgIpc) is 3.12. The van der Waals surface area contributed by atoms with Gasteiger partial charge in [-0.2, -0.15) is 0 Å². The lowest BCUT2D eigenvalue weighted by Crippen LogP contribution is -2.25. The molecule has 0 atom stereocenters. The van der Waals surface area contributed by atoms with Gasteiger partial charge in [-0.15, -0.1) is 5.10 Å². The number of fused-ring (bicyclic) bond motifs is 1. The van der Waals surface area contributed by atoms with Gasteiger partial charge in [0.25, 0.3) is 5.91 Å². The first-order valence-corrected chi connectivity index (χ1v) is 6.53. The highest BCUT2D eigenvalue weighted by atomic mass is 16.1. The zero-order valence-corrected chi connectivity index (χ0v) is 10.9. The van der Waals surface area contributed by atoms with E-state index in [9.17, 15) is 4.79 Å². The molecule has 0 aliphatic heterocycles. The first-order chi connectivity index (χ1) is 9.84. The van der Waals surface area contributed by atoms with Crippen LogP contribution >= 0.6 is 0 Å². The van der Waals surface area contributed by atoms with Gasteiger partial charge in [-0.05, 0) is 12.5 Å². The summed E-state index contributed by atoms with van der Waals surface area (Å²) in [6, 6.07) is 7.77. The molecule has 3 aromatic rings. The van der Waals surface area contributed by atoms with Crippen LogP contribution in [0, 0.1) is 0 Å². The lowest BCUT2D eigenvalue weighted by atomic mass is 10.1. The quantitative estimate of drug-likeness (QED) is 0.690. The number of aryl methyl sites for hydroxylation is 1. The first kappa shape index (κ1) is 12.4. The molecule has 2 N–H and O–H groups in total. The predicted octanol–water partition coefficient (Wildman–Crippen LogP) is 1.58. The van der Waals surface area contributed by atoms with Gasteiger partial charge in [0.15, 0.2) is 0 Å². The maximum atomic E-state index is 12.1. The number of para-hydroxylation sites is 1. The predicted molar refractivity (Wildman–Crippen MR) is 75.3 cm³/mol. The molecular formula is C14H15N5O. The number of hydrogen-bond acceptors (Lipinski definition) is 3. The molecule has 0 spiro atoms. The molecule has 6 nitrogen and oxygen atoms in total. The van der Waals surface area contributed by atoms with Gasteiger partial charge in [-0.1, -0.05) is 23.4 Å². The van der Waals surface area contributed by atoms with E-state index in [1.807, 2.05) is 30.5 Å². The summed E-state index contributed by atoms with van der Waals surface area (Å²) in [6.07, 6.45) is 6.01. The summed E-state index contributed by atoms with van der Waals surface area (Å²) in [6.45, 7) is 1.35. The van der Waals surface area contributed by atoms with Crippen LogP contribution < -0.4 is 5.32 Å². The Morgan fingerprint density at radius 1 is 1.35 bits per heavy atom. The second-order valence-electron chi connectivity index (χ2n) is 4.52. The minimum atomic E-state index is -0.0546. The lowest BCUT2D eigenvalue weighted by molar-refractivity contribution is 0.0954. The van der Waals surface area contributed by atoms with E-state index in [1.54, 1.807) is 17.1 Å². The fraction of sp³-hybridized carbons (Fsp3) is 0.214. The van der Waals surface area contributed by atoms with Gasteiger partial charge in [0.05, 0.1) is 11.8 Å². The van der Waals surface area contributed by atoms with Gasteiger partial charge in [-0.3, -0.25) is 9.48 Å². The Hall–Kier alpha value is -2.63. The van der Waals surface area contributed by atoms with Crippen molar-refractivity contribution in [3.8, 4) is 0 Å². The fourth-order valence-corrected chi connectivity index (χ4v) is 2.15. The largest absolute Gasteiger partial charge is 0.360 e. The lowest BCUT2D eigenvalue weighted by Gasteiger charge is -2.04. The van der Waals surface area contributed by atoms with E-state index in [0.717, 1.165) is 23.9 Å². The minimum Gasteiger partial charge on any atom is -0.360 e. The van der Waals surface area contributed by atoms with Crippen molar-refractivity contribution in [3.63, 3.8) is 0 Å². The Morgan fingerprint density at radius 2 is 2.25 bits per heavy atom. The second kappa shape index (κ2) is 5.56. The van der Waals surface area contributed by atoms with Crippen molar-refractivity contribution in [2.45, 2.75) is 13.0 Å². The number of carbonyl (C=O) groups is 1. The van der Waals surface area contributed by atoms with Crippen molar-refractivity contribution in [1.29, 1.82) is 0 Å². The van der Waals surface area contributed by atoms with Crippen molar-refractivity contribution in [2.24, 2.45) is 0 Å². The summed E-state index contributed by atoms with van der Waals surface area (Å²) in [5.74, 6) is -0.0546. The number of hydrogen-bond donors (Lipinski definition) is 2. The molecular weight excluding hydrogens is 254 g/mol. The number of benzene rings is 1. The molecule has 0 unspecified atom stereocenters. The third kappa shape index (κ3) is 2.54. The summed E-state index contributed by atoms with van der Waals surface area (Å²) in [7, 11) is 0. The SMILES string of the molecule is O=C(NCCCn1ccnn1)c1c[nH]c2ccccc12. The van der Waals surface area contributed by atoms with Gasteiger partial charge < -0.3 is 10.3 Å². The Kier molecular flexibility index (Phi) is 3.45. The summed E-state index contributed by atoms with van der Waals surface area (Å²) in [5, 5.41) is 11.5. The van der Waals surface area contributed by atoms with Crippen molar-refractivity contribution in [3.05, 3.63) is 48.4 Å². The van der Waals surface area contributed by atoms with Crippen LogP contribution in [0.15, 0.2) is 42.9 Å². The number of aromatic amines is 1. The highest BCUT2D eigenvalue weighted by Gasteiger charge is 2.10. The van der Waals surface area contributed by atoms with Crippen LogP contribution in [0.25, 0.3) is 10.9 Å². The van der Waals surface area contributed by atoms with Crippen molar-refractivity contribution in [1.82, 2.24) is 25.3 Å². The third-order valence-corrected chi connectivity index (χ3v) is 3.16. The van der Waals surface area contributed by atoms with Gasteiger partial charge >= 0.3 is 0 Å². The zero-order valence-electron chi connectivity index (χ0n) is 10.9. The Bertz CT molecular complexity index is 701. The normalized spacial score (nSPS) is 10.8. The van der Waals surface area contributed by atoms with Crippen molar-refractivity contribution >= 4 is 16.8 Å². The molecule has 0 saturated heterocycles. The molecule has 6 heteroatoms. The Labute approximate surface area is 115 Å². The van der Waals surface area contributed by atoms with Gasteiger partial charge in [0.2, 0.25) is 0 Å². The molecule has 0 fully saturated rings. The highest BCUT2D eigenvalue weighted by Crippen LogP contribution is 2.17. The first-order valence-electron chi connectivity index (χ1n) is 6.53. The molecule has 0 aliphatic carbocycles. The molecule has 0 aliphatic rings. The number of aromatic nitrogens is 4. The molecule has 2 aromatic heterocycles. The third-order valence-electron chi connectivity index (χ3n) is 3.16. The number of rotatable bonds is 5. The Balaban J connectivity index is 1.56. The molecule has 20 heavy (non-hydrogen) atoms. The van der Waals surface area contributed by atoms with Crippen molar-refractivity contribution in [2.75, 3.05) is 6.54 Å². The summed E-state index contributed by atoms with van der Waals surface area (Å²) in [4.78, 5) is 15.2. The molecule has 1 aromatic carbocycles. The number of amides is 1. The van der Waals surface area contributed by atoms with Crippen LogP contribution in [0.1, 0.15) is 16.8 Å². The molecule has 102 valence electrons. The van der Waals surface area contributed by atoms with Crippen LogP contribution in [-0.4, -0.2) is 32.4 Å². The van der Waals surface area contributed by atoms with Crippen LogP contribution in [0.5, 0.6) is 0 Å². The average molecular weight is 269 g/mol. The van der Waals surface area contributed by atoms with E-state index < -0.39 is 0 Å². The number of nitrogens with zero attached hydrogens (tertiary/aromatic N) is 3. The second-order valence-corrected chi connectivity index (χ2v) is 4.52. The summed E-state index contributed by atoms with van der Waals surface area (Å²) in [5.41, 5.74) is 1.65. The molecule has 0 bridgehead atoms. The van der Waals surface area contributed by atoms with Crippen molar-refractivity contribution < 1.29 is 4.79 Å². The standard InChI is InChI=1S/C14H15N5O/c20-14(15-6-3-8-19-9-7-17-18-19)12-10-16-13-5-2-1-4-11(12)13/h1-2,4-5,7,9-10,16H,3,6,8H2,(H,15,20). The molecule has 1 amide bonds. The van der Waals surface area contributed by atoms with E-state index in [2.05, 4.69) is 20.6 Å². The van der Waals surface area contributed by atoms with E-state index in [0.29, 0.717) is 12.1 Å². The number of nitrogens with one attached hydrogen (secondary N) is 2. The van der Waals surface area contributed by atoms with Crippen LogP contribution in [0.2, 0.25) is 0 Å². The maximum Gasteiger partial charge on any atom is 0.253 e. The fourth-order valence-electron chi connectivity index (χ4n) is 2.15. The molecule has 0 saturated carbocycles. The van der Waals surface area contributed by atoms with Crippen LogP contribution in [0.3, 0.4) is 0 Å². The van der Waals surface area contributed by atoms with Gasteiger partial charge in [0.1, 0.15) is 0 Å². The summed E-state index contributed by atoms with van der Waals surface area (Å²) >= 11 is 0. The molecule has 3 rings (SSSR count). The van der Waals surface area contributed by atoms with Crippen LogP contribution in [-0.2, 0) is 6.54 Å². The van der Waals surface area contributed by atoms with Gasteiger partial charge in [0, 0.05) is 36.4 Å².